The lowest BCUT2D eigenvalue weighted by Crippen LogP contribution is -2.45. The van der Waals surface area contributed by atoms with Crippen molar-refractivity contribution in [2.45, 2.75) is 13.2 Å². The number of aryl methyl sites for hydroxylation is 1. The van der Waals surface area contributed by atoms with Gasteiger partial charge in [-0.1, -0.05) is 42.0 Å². The molecule has 0 aromatic heterocycles. The summed E-state index contributed by atoms with van der Waals surface area (Å²) in [4.78, 5) is 37.8. The summed E-state index contributed by atoms with van der Waals surface area (Å²) in [5, 5.41) is 10.9. The van der Waals surface area contributed by atoms with E-state index in [2.05, 4.69) is 0 Å². The van der Waals surface area contributed by atoms with Gasteiger partial charge in [-0.15, -0.1) is 0 Å². The molecule has 1 aliphatic rings. The molecule has 0 saturated carbocycles. The second-order valence-electron chi connectivity index (χ2n) is 6.66. The first-order valence-electron chi connectivity index (χ1n) is 8.90. The normalized spacial score (nSPS) is 15.4. The van der Waals surface area contributed by atoms with Gasteiger partial charge in [-0.3, -0.25) is 19.7 Å². The van der Waals surface area contributed by atoms with Crippen molar-refractivity contribution in [3.63, 3.8) is 0 Å². The monoisotopic (exact) mass is 388 g/mol. The van der Waals surface area contributed by atoms with Gasteiger partial charge < -0.3 is 4.74 Å². The number of carbonyl (C=O) groups excluding carboxylic acids is 2. The Kier molecular flexibility index (Phi) is 4.56. The van der Waals surface area contributed by atoms with Crippen LogP contribution in [-0.2, 0) is 0 Å². The fourth-order valence-electron chi connectivity index (χ4n) is 3.17. The Balaban J connectivity index is 1.78. The predicted octanol–water partition coefficient (Wildman–Crippen LogP) is 4.28. The zero-order valence-electron chi connectivity index (χ0n) is 15.4. The third-order valence-electron chi connectivity index (χ3n) is 4.72. The Bertz CT molecular complexity index is 1110. The summed E-state index contributed by atoms with van der Waals surface area (Å²) in [6.45, 7) is 1.94. The third kappa shape index (κ3) is 3.34. The number of hydrogen-bond donors (Lipinski definition) is 0. The van der Waals surface area contributed by atoms with Gasteiger partial charge >= 0.3 is 0 Å². The molecule has 7 nitrogen and oxygen atoms in total. The van der Waals surface area contributed by atoms with Crippen LogP contribution in [0.3, 0.4) is 0 Å². The standard InChI is InChI=1S/C22H16N2O5/c1-14-6-8-16(9-7-14)22-23(21(26)18-4-2-3-5-19(18)29-22)20(25)15-10-12-17(13-11-15)24(27)28/h2-13,22H,1H3. The largest absolute Gasteiger partial charge is 0.465 e. The number of rotatable bonds is 3. The lowest BCUT2D eigenvalue weighted by molar-refractivity contribution is -0.384. The van der Waals surface area contributed by atoms with Crippen molar-refractivity contribution >= 4 is 17.5 Å². The summed E-state index contributed by atoms with van der Waals surface area (Å²) in [6.07, 6.45) is -0.944. The van der Waals surface area contributed by atoms with E-state index < -0.39 is 23.0 Å². The molecule has 1 atom stereocenters. The lowest BCUT2D eigenvalue weighted by Gasteiger charge is -2.35. The Morgan fingerprint density at radius 3 is 2.31 bits per heavy atom. The SMILES string of the molecule is Cc1ccc(C2Oc3ccccc3C(=O)N2C(=O)c2ccc([N+](=O)[O-])cc2)cc1. The second-order valence-corrected chi connectivity index (χ2v) is 6.66. The number of non-ortho nitro benzene ring substituents is 1. The minimum atomic E-state index is -0.944. The highest BCUT2D eigenvalue weighted by Crippen LogP contribution is 2.36. The fourth-order valence-corrected chi connectivity index (χ4v) is 3.17. The molecular formula is C22H16N2O5. The van der Waals surface area contributed by atoms with Gasteiger partial charge in [0.25, 0.3) is 17.5 Å². The Morgan fingerprint density at radius 1 is 1.00 bits per heavy atom. The molecule has 4 rings (SSSR count). The molecule has 0 spiro atoms. The van der Waals surface area contributed by atoms with Crippen LogP contribution in [0, 0.1) is 17.0 Å². The van der Waals surface area contributed by atoms with Crippen LogP contribution in [-0.4, -0.2) is 21.6 Å². The van der Waals surface area contributed by atoms with E-state index >= 15 is 0 Å². The minimum Gasteiger partial charge on any atom is -0.465 e. The summed E-state index contributed by atoms with van der Waals surface area (Å²) >= 11 is 0. The maximum absolute atomic E-state index is 13.2. The number of imide groups is 1. The number of nitro groups is 1. The van der Waals surface area contributed by atoms with Crippen LogP contribution < -0.4 is 4.74 Å². The first-order chi connectivity index (χ1) is 14.0. The summed E-state index contributed by atoms with van der Waals surface area (Å²) in [5.74, 6) is -0.679. The van der Waals surface area contributed by atoms with E-state index in [1.807, 2.05) is 19.1 Å². The zero-order chi connectivity index (χ0) is 20.5. The van der Waals surface area contributed by atoms with Crippen LogP contribution in [0.5, 0.6) is 5.75 Å². The van der Waals surface area contributed by atoms with Crippen molar-refractivity contribution < 1.29 is 19.2 Å². The third-order valence-corrected chi connectivity index (χ3v) is 4.72. The Hall–Kier alpha value is -4.00. The van der Waals surface area contributed by atoms with Crippen LogP contribution >= 0.6 is 0 Å². The Morgan fingerprint density at radius 2 is 1.66 bits per heavy atom. The fraction of sp³-hybridized carbons (Fsp3) is 0.0909. The van der Waals surface area contributed by atoms with Crippen molar-refractivity contribution in [3.05, 3.63) is 105 Å². The highest BCUT2D eigenvalue weighted by molar-refractivity contribution is 6.12. The van der Waals surface area contributed by atoms with Gasteiger partial charge in [0, 0.05) is 23.3 Å². The summed E-state index contributed by atoms with van der Waals surface area (Å²) in [7, 11) is 0. The number of hydrogen-bond acceptors (Lipinski definition) is 5. The van der Waals surface area contributed by atoms with Gasteiger partial charge in [-0.25, -0.2) is 4.90 Å². The Labute approximate surface area is 166 Å². The molecule has 0 bridgehead atoms. The van der Waals surface area contributed by atoms with Crippen molar-refractivity contribution in [3.8, 4) is 5.75 Å². The molecule has 0 radical (unpaired) electrons. The van der Waals surface area contributed by atoms with Gasteiger partial charge in [-0.2, -0.15) is 0 Å². The number of carbonyl (C=O) groups is 2. The number of nitro benzene ring substituents is 1. The van der Waals surface area contributed by atoms with Gasteiger partial charge in [-0.05, 0) is 31.2 Å². The summed E-state index contributed by atoms with van der Waals surface area (Å²) in [5.41, 5.74) is 1.98. The van der Waals surface area contributed by atoms with E-state index in [1.54, 1.807) is 36.4 Å². The van der Waals surface area contributed by atoms with Crippen LogP contribution in [0.25, 0.3) is 0 Å². The van der Waals surface area contributed by atoms with Gasteiger partial charge in [0.1, 0.15) is 5.75 Å². The number of amides is 2. The molecule has 7 heteroatoms. The van der Waals surface area contributed by atoms with Crippen molar-refractivity contribution in [2.75, 3.05) is 0 Å². The summed E-state index contributed by atoms with van der Waals surface area (Å²) in [6, 6.07) is 19.2. The van der Waals surface area contributed by atoms with Crippen LogP contribution in [0.15, 0.2) is 72.8 Å². The van der Waals surface area contributed by atoms with Crippen LogP contribution in [0.2, 0.25) is 0 Å². The highest BCUT2D eigenvalue weighted by Gasteiger charge is 2.39. The van der Waals surface area contributed by atoms with Crippen molar-refractivity contribution in [2.24, 2.45) is 0 Å². The van der Waals surface area contributed by atoms with Gasteiger partial charge in [0.05, 0.1) is 10.5 Å². The molecule has 1 heterocycles. The average molecular weight is 388 g/mol. The number of para-hydroxylation sites is 1. The second kappa shape index (κ2) is 7.20. The lowest BCUT2D eigenvalue weighted by atomic mass is 10.0. The molecule has 0 saturated heterocycles. The number of fused-ring (bicyclic) bond motifs is 1. The summed E-state index contributed by atoms with van der Waals surface area (Å²) < 4.78 is 6.02. The minimum absolute atomic E-state index is 0.136. The number of nitrogens with zero attached hydrogens (tertiary/aromatic N) is 2. The zero-order valence-corrected chi connectivity index (χ0v) is 15.4. The molecule has 3 aromatic rings. The van der Waals surface area contributed by atoms with Crippen molar-refractivity contribution in [1.82, 2.24) is 4.90 Å². The maximum Gasteiger partial charge on any atom is 0.269 e. The number of benzene rings is 3. The van der Waals surface area contributed by atoms with Gasteiger partial charge in [0.15, 0.2) is 0 Å². The first-order valence-corrected chi connectivity index (χ1v) is 8.90. The molecule has 2 amide bonds. The highest BCUT2D eigenvalue weighted by atomic mass is 16.6. The van der Waals surface area contributed by atoms with E-state index in [1.165, 1.54) is 24.3 Å². The van der Waals surface area contributed by atoms with Gasteiger partial charge in [0.2, 0.25) is 6.23 Å². The molecule has 3 aromatic carbocycles. The van der Waals surface area contributed by atoms with Crippen molar-refractivity contribution in [1.29, 1.82) is 0 Å². The molecule has 1 unspecified atom stereocenters. The van der Waals surface area contributed by atoms with Crippen LogP contribution in [0.1, 0.15) is 38.1 Å². The van der Waals surface area contributed by atoms with E-state index in [-0.39, 0.29) is 16.8 Å². The maximum atomic E-state index is 13.2. The molecule has 29 heavy (non-hydrogen) atoms. The molecule has 0 N–H and O–H groups in total. The van der Waals surface area contributed by atoms with E-state index in [0.29, 0.717) is 11.3 Å². The smallest absolute Gasteiger partial charge is 0.269 e. The quantitative estimate of drug-likeness (QED) is 0.380. The van der Waals surface area contributed by atoms with E-state index in [0.717, 1.165) is 10.5 Å². The number of ether oxygens (including phenoxy) is 1. The van der Waals surface area contributed by atoms with Crippen LogP contribution in [0.4, 0.5) is 5.69 Å². The molecule has 1 aliphatic heterocycles. The van der Waals surface area contributed by atoms with E-state index in [4.69, 9.17) is 4.74 Å². The topological polar surface area (TPSA) is 89.8 Å². The molecular weight excluding hydrogens is 372 g/mol. The molecule has 0 fully saturated rings. The first kappa shape index (κ1) is 18.4. The van der Waals surface area contributed by atoms with E-state index in [9.17, 15) is 19.7 Å². The molecule has 0 aliphatic carbocycles. The average Bonchev–Trinajstić information content (AvgIpc) is 2.74. The molecule has 144 valence electrons. The predicted molar refractivity (Wildman–Crippen MR) is 105 cm³/mol.